The molecule has 310 valence electrons. The second-order valence-electron chi connectivity index (χ2n) is 17.5. The molecular weight excluding hydrogens is 733 g/mol. The molecule has 2 aromatic carbocycles. The number of carbonyl (C=O) groups excluding carboxylic acids is 3. The third kappa shape index (κ3) is 8.80. The Balaban J connectivity index is 0.951. The van der Waals surface area contributed by atoms with Crippen molar-refractivity contribution in [2.75, 3.05) is 59.4 Å². The fourth-order valence-corrected chi connectivity index (χ4v) is 9.55. The number of aromatic amines is 1. The van der Waals surface area contributed by atoms with Crippen LogP contribution in [0.25, 0.3) is 21.8 Å². The molecule has 1 atom stereocenters. The number of piperazine rings is 1. The van der Waals surface area contributed by atoms with Crippen LogP contribution >= 0.6 is 0 Å². The summed E-state index contributed by atoms with van der Waals surface area (Å²) in [5.74, 6) is -0.147. The van der Waals surface area contributed by atoms with E-state index in [-0.39, 0.29) is 41.5 Å². The van der Waals surface area contributed by atoms with Crippen LogP contribution in [-0.4, -0.2) is 124 Å². The maximum atomic E-state index is 14.4. The monoisotopic (exact) mass is 792 g/mol. The first-order valence-corrected chi connectivity index (χ1v) is 21.6. The smallest absolute Gasteiger partial charge is 0.318 e. The number of carbonyl (C=O) groups is 3. The van der Waals surface area contributed by atoms with E-state index in [2.05, 4.69) is 34.1 Å². The highest BCUT2D eigenvalue weighted by Gasteiger charge is 2.50. The fraction of sp³-hybridized carbons (Fsp3) is 0.578. The summed E-state index contributed by atoms with van der Waals surface area (Å²) in [5.41, 5.74) is 3.89. The lowest BCUT2D eigenvalue weighted by Crippen LogP contribution is -2.59. The van der Waals surface area contributed by atoms with Crippen molar-refractivity contribution in [3.05, 3.63) is 75.7 Å². The van der Waals surface area contributed by atoms with Gasteiger partial charge in [-0.05, 0) is 113 Å². The molecule has 3 saturated heterocycles. The zero-order valence-electron chi connectivity index (χ0n) is 34.5. The summed E-state index contributed by atoms with van der Waals surface area (Å²) in [7, 11) is 2.18. The van der Waals surface area contributed by atoms with Gasteiger partial charge in [-0.1, -0.05) is 44.0 Å². The van der Waals surface area contributed by atoms with Crippen LogP contribution < -0.4 is 10.9 Å². The highest BCUT2D eigenvalue weighted by atomic mass is 16.5. The molecule has 5 heterocycles. The number of urea groups is 1. The van der Waals surface area contributed by atoms with Crippen LogP contribution in [0.1, 0.15) is 87.3 Å². The molecule has 4 aromatic rings. The van der Waals surface area contributed by atoms with Gasteiger partial charge in [0.05, 0.1) is 10.9 Å². The molecule has 8 rings (SSSR count). The van der Waals surface area contributed by atoms with E-state index < -0.39 is 6.04 Å². The van der Waals surface area contributed by atoms with Crippen LogP contribution in [0, 0.1) is 12.3 Å². The SMILES string of the molecule is CCCCC1(C(=O)OCn2cc3cc(CC(NC(=O)N4CCC(c5cc6ccccc6[nH]c5=O)CC4)C(=O)N4CCN(C5CCN(C)CC5)CC4)cc(C)c3n2)CC1. The number of rotatable bonds is 12. The Bertz CT molecular complexity index is 2170. The number of aromatic nitrogens is 3. The number of likely N-dealkylation sites (tertiary alicyclic amines) is 2. The van der Waals surface area contributed by atoms with Crippen molar-refractivity contribution in [3.63, 3.8) is 0 Å². The second kappa shape index (κ2) is 17.2. The van der Waals surface area contributed by atoms with Gasteiger partial charge in [0.15, 0.2) is 6.73 Å². The number of hydrogen-bond acceptors (Lipinski definition) is 8. The van der Waals surface area contributed by atoms with E-state index in [0.29, 0.717) is 51.5 Å². The number of nitrogens with zero attached hydrogens (tertiary/aromatic N) is 6. The van der Waals surface area contributed by atoms with Gasteiger partial charge < -0.3 is 29.7 Å². The third-order valence-electron chi connectivity index (χ3n) is 13.4. The van der Waals surface area contributed by atoms with Crippen molar-refractivity contribution in [2.24, 2.45) is 5.41 Å². The van der Waals surface area contributed by atoms with Crippen LogP contribution in [0.5, 0.6) is 0 Å². The maximum absolute atomic E-state index is 14.4. The summed E-state index contributed by atoms with van der Waals surface area (Å²) in [6, 6.07) is 13.4. The van der Waals surface area contributed by atoms with Crippen molar-refractivity contribution in [1.82, 2.24) is 39.7 Å². The van der Waals surface area contributed by atoms with Crippen LogP contribution in [0.3, 0.4) is 0 Å². The molecule has 0 bridgehead atoms. The van der Waals surface area contributed by atoms with Gasteiger partial charge in [-0.3, -0.25) is 19.3 Å². The van der Waals surface area contributed by atoms with Gasteiger partial charge in [0.2, 0.25) is 5.91 Å². The fourth-order valence-electron chi connectivity index (χ4n) is 9.55. The first-order chi connectivity index (χ1) is 28.1. The average molecular weight is 793 g/mol. The summed E-state index contributed by atoms with van der Waals surface area (Å²) in [6.07, 6.45) is 10.6. The van der Waals surface area contributed by atoms with Gasteiger partial charge in [-0.2, -0.15) is 5.10 Å². The molecule has 3 amide bonds. The molecule has 0 radical (unpaired) electrons. The molecule has 4 aliphatic rings. The van der Waals surface area contributed by atoms with Crippen LogP contribution in [-0.2, 0) is 27.5 Å². The second-order valence-corrected chi connectivity index (χ2v) is 17.5. The molecule has 13 heteroatoms. The Kier molecular flexibility index (Phi) is 11.9. The minimum absolute atomic E-state index is 0.0470. The predicted molar refractivity (Wildman–Crippen MR) is 225 cm³/mol. The highest BCUT2D eigenvalue weighted by Crippen LogP contribution is 2.51. The molecule has 4 fully saturated rings. The molecule has 58 heavy (non-hydrogen) atoms. The van der Waals surface area contributed by atoms with Crippen LogP contribution in [0.2, 0.25) is 0 Å². The summed E-state index contributed by atoms with van der Waals surface area (Å²) in [4.78, 5) is 66.1. The number of para-hydroxylation sites is 1. The van der Waals surface area contributed by atoms with Gasteiger partial charge in [0.1, 0.15) is 6.04 Å². The number of esters is 1. The Morgan fingerprint density at radius 3 is 2.40 bits per heavy atom. The highest BCUT2D eigenvalue weighted by molar-refractivity contribution is 5.88. The summed E-state index contributed by atoms with van der Waals surface area (Å²) in [5, 5.41) is 9.81. The number of ether oxygens (including phenoxy) is 1. The van der Waals surface area contributed by atoms with E-state index in [9.17, 15) is 19.2 Å². The van der Waals surface area contributed by atoms with Crippen molar-refractivity contribution < 1.29 is 19.1 Å². The van der Waals surface area contributed by atoms with Crippen molar-refractivity contribution >= 4 is 39.7 Å². The Hall–Kier alpha value is -4.75. The normalized spacial score (nSPS) is 20.1. The number of fused-ring (bicyclic) bond motifs is 2. The standard InChI is InChI=1S/C45H60N8O5/c1-4-5-14-45(15-16-45)43(56)58-30-53-29-35-26-32(25-31(2)40(35)48-53)27-39(42(55)51-23-21-50(22-24-51)36-12-17-49(3)18-13-36)47-44(57)52-19-10-33(11-20-52)37-28-34-8-6-7-9-38(34)46-41(37)54/h6-9,25-26,28-29,33,36,39H,4-5,10-24,27,30H2,1-3H3,(H,46,54)(H,47,57). The molecule has 0 spiro atoms. The van der Waals surface area contributed by atoms with Crippen molar-refractivity contribution in [3.8, 4) is 0 Å². The van der Waals surface area contributed by atoms with Crippen LogP contribution in [0.15, 0.2) is 53.5 Å². The topological polar surface area (TPSA) is 136 Å². The third-order valence-corrected chi connectivity index (χ3v) is 13.4. The van der Waals surface area contributed by atoms with E-state index in [0.717, 1.165) is 110 Å². The average Bonchev–Trinajstić information content (AvgIpc) is 3.92. The van der Waals surface area contributed by atoms with Gasteiger partial charge in [-0.15, -0.1) is 0 Å². The lowest BCUT2D eigenvalue weighted by Gasteiger charge is -2.43. The van der Waals surface area contributed by atoms with E-state index in [1.807, 2.05) is 60.5 Å². The zero-order chi connectivity index (χ0) is 40.4. The largest absolute Gasteiger partial charge is 0.442 e. The minimum atomic E-state index is -0.755. The minimum Gasteiger partial charge on any atom is -0.442 e. The van der Waals surface area contributed by atoms with Gasteiger partial charge in [0.25, 0.3) is 5.56 Å². The number of unbranched alkanes of at least 4 members (excludes halogenated alkanes) is 1. The van der Waals surface area contributed by atoms with E-state index in [1.54, 1.807) is 9.58 Å². The summed E-state index contributed by atoms with van der Waals surface area (Å²) < 4.78 is 7.44. The van der Waals surface area contributed by atoms with Gasteiger partial charge in [-0.25, -0.2) is 9.48 Å². The first-order valence-electron chi connectivity index (χ1n) is 21.6. The predicted octanol–water partition coefficient (Wildman–Crippen LogP) is 5.40. The molecule has 2 aromatic heterocycles. The Morgan fingerprint density at radius 1 is 0.931 bits per heavy atom. The van der Waals surface area contributed by atoms with E-state index in [4.69, 9.17) is 9.84 Å². The number of H-pyrrole nitrogens is 1. The number of piperidine rings is 2. The lowest BCUT2D eigenvalue weighted by atomic mass is 9.89. The molecule has 3 aliphatic heterocycles. The lowest BCUT2D eigenvalue weighted by molar-refractivity contribution is -0.155. The number of hydrogen-bond donors (Lipinski definition) is 2. The molecule has 13 nitrogen and oxygen atoms in total. The summed E-state index contributed by atoms with van der Waals surface area (Å²) in [6.45, 7) is 10.3. The summed E-state index contributed by atoms with van der Waals surface area (Å²) >= 11 is 0. The zero-order valence-corrected chi connectivity index (χ0v) is 34.5. The first kappa shape index (κ1) is 40.0. The van der Waals surface area contributed by atoms with Crippen LogP contribution in [0.4, 0.5) is 4.79 Å². The quantitative estimate of drug-likeness (QED) is 0.182. The number of aryl methyl sites for hydroxylation is 1. The maximum Gasteiger partial charge on any atom is 0.318 e. The number of nitrogens with one attached hydrogen (secondary N) is 2. The van der Waals surface area contributed by atoms with Crippen molar-refractivity contribution in [2.45, 2.75) is 103 Å². The molecule has 2 N–H and O–H groups in total. The molecular formula is C45H60N8O5. The van der Waals surface area contributed by atoms with E-state index >= 15 is 0 Å². The number of amides is 3. The number of pyridine rings is 1. The molecule has 1 aliphatic carbocycles. The molecule has 1 unspecified atom stereocenters. The van der Waals surface area contributed by atoms with Gasteiger partial charge in [0, 0.05) is 74.4 Å². The Morgan fingerprint density at radius 2 is 1.67 bits per heavy atom. The number of benzene rings is 2. The van der Waals surface area contributed by atoms with E-state index in [1.165, 1.54) is 0 Å². The van der Waals surface area contributed by atoms with Crippen molar-refractivity contribution in [1.29, 1.82) is 0 Å². The Labute approximate surface area is 341 Å². The van der Waals surface area contributed by atoms with Gasteiger partial charge >= 0.3 is 12.0 Å². The molecule has 1 saturated carbocycles.